The molecule has 1 aliphatic heterocycles. The second-order valence-corrected chi connectivity index (χ2v) is 6.78. The van der Waals surface area contributed by atoms with Gasteiger partial charge in [0.05, 0.1) is 0 Å². The van der Waals surface area contributed by atoms with Crippen molar-refractivity contribution < 1.29 is 0 Å². The van der Waals surface area contributed by atoms with Crippen molar-refractivity contribution in [2.75, 3.05) is 12.3 Å². The summed E-state index contributed by atoms with van der Waals surface area (Å²) in [7, 11) is 0. The highest BCUT2D eigenvalue weighted by Gasteiger charge is 2.24. The zero-order chi connectivity index (χ0) is 13.1. The van der Waals surface area contributed by atoms with Crippen LogP contribution in [0.3, 0.4) is 0 Å². The minimum atomic E-state index is 0.479. The summed E-state index contributed by atoms with van der Waals surface area (Å²) >= 11 is 7.09. The van der Waals surface area contributed by atoms with Crippen LogP contribution in [-0.4, -0.2) is 33.5 Å². The monoisotopic (exact) mass is 280 g/mol. The van der Waals surface area contributed by atoms with Gasteiger partial charge in [0.15, 0.2) is 0 Å². The molecule has 1 fully saturated rings. The zero-order valence-corrected chi connectivity index (χ0v) is 12.6. The Labute approximate surface area is 119 Å². The second kappa shape index (κ2) is 6.04. The molecule has 2 unspecified atom stereocenters. The highest BCUT2D eigenvalue weighted by atomic mass is 32.2. The number of thiocarbonyl (C=S) groups is 1. The lowest BCUT2D eigenvalue weighted by Crippen LogP contribution is -2.43. The summed E-state index contributed by atoms with van der Waals surface area (Å²) in [4.78, 5) is 3.02. The first-order valence-corrected chi connectivity index (χ1v) is 7.78. The normalized spacial score (nSPS) is 25.0. The maximum atomic E-state index is 5.68. The fourth-order valence-corrected chi connectivity index (χ4v) is 3.57. The molecule has 1 saturated heterocycles. The molecular formula is C14H20N2S2. The SMILES string of the molecule is CC1SCCN(Cc2cccc(C(N)=S)c2)C1C. The zero-order valence-electron chi connectivity index (χ0n) is 10.9. The van der Waals surface area contributed by atoms with Gasteiger partial charge in [0.2, 0.25) is 0 Å². The molecule has 2 nitrogen and oxygen atoms in total. The number of hydrogen-bond acceptors (Lipinski definition) is 3. The van der Waals surface area contributed by atoms with E-state index in [0.29, 0.717) is 16.3 Å². The maximum Gasteiger partial charge on any atom is 0.103 e. The third kappa shape index (κ3) is 3.25. The molecule has 2 rings (SSSR count). The Morgan fingerprint density at radius 3 is 3.00 bits per heavy atom. The molecule has 1 aromatic rings. The molecule has 0 bridgehead atoms. The molecule has 1 heterocycles. The Hall–Kier alpha value is -0.580. The summed E-state index contributed by atoms with van der Waals surface area (Å²) < 4.78 is 0. The lowest BCUT2D eigenvalue weighted by molar-refractivity contribution is 0.204. The minimum absolute atomic E-state index is 0.479. The Balaban J connectivity index is 2.08. The van der Waals surface area contributed by atoms with Gasteiger partial charge in [-0.15, -0.1) is 0 Å². The number of thioether (sulfide) groups is 1. The van der Waals surface area contributed by atoms with Gasteiger partial charge in [0.1, 0.15) is 4.99 Å². The van der Waals surface area contributed by atoms with Crippen LogP contribution in [0.2, 0.25) is 0 Å². The van der Waals surface area contributed by atoms with E-state index in [0.717, 1.165) is 18.7 Å². The van der Waals surface area contributed by atoms with E-state index in [1.54, 1.807) is 0 Å². The van der Waals surface area contributed by atoms with E-state index < -0.39 is 0 Å². The van der Waals surface area contributed by atoms with Crippen molar-refractivity contribution in [3.8, 4) is 0 Å². The molecule has 1 aromatic carbocycles. The van der Waals surface area contributed by atoms with Crippen LogP contribution < -0.4 is 5.73 Å². The Morgan fingerprint density at radius 1 is 1.50 bits per heavy atom. The van der Waals surface area contributed by atoms with Crippen molar-refractivity contribution >= 4 is 29.0 Å². The highest BCUT2D eigenvalue weighted by molar-refractivity contribution is 8.00. The molecule has 0 aliphatic carbocycles. The van der Waals surface area contributed by atoms with E-state index in [4.69, 9.17) is 18.0 Å². The summed E-state index contributed by atoms with van der Waals surface area (Å²) in [6.07, 6.45) is 0. The third-order valence-electron chi connectivity index (χ3n) is 3.61. The van der Waals surface area contributed by atoms with Gasteiger partial charge < -0.3 is 5.73 Å². The van der Waals surface area contributed by atoms with Gasteiger partial charge in [0.25, 0.3) is 0 Å². The van der Waals surface area contributed by atoms with Crippen LogP contribution in [0.4, 0.5) is 0 Å². The fraction of sp³-hybridized carbons (Fsp3) is 0.500. The molecule has 18 heavy (non-hydrogen) atoms. The van der Waals surface area contributed by atoms with Crippen LogP contribution in [0.1, 0.15) is 25.0 Å². The van der Waals surface area contributed by atoms with Crippen LogP contribution in [-0.2, 0) is 6.54 Å². The molecule has 0 saturated carbocycles. The van der Waals surface area contributed by atoms with Crippen molar-refractivity contribution in [3.05, 3.63) is 35.4 Å². The molecule has 2 atom stereocenters. The first-order valence-electron chi connectivity index (χ1n) is 6.32. The summed E-state index contributed by atoms with van der Waals surface area (Å²) in [5.41, 5.74) is 7.94. The summed E-state index contributed by atoms with van der Waals surface area (Å²) in [5, 5.41) is 0.706. The van der Waals surface area contributed by atoms with Crippen LogP contribution in [0.25, 0.3) is 0 Å². The Morgan fingerprint density at radius 2 is 2.28 bits per heavy atom. The first-order chi connectivity index (χ1) is 8.58. The molecule has 0 radical (unpaired) electrons. The number of hydrogen-bond donors (Lipinski definition) is 1. The fourth-order valence-electron chi connectivity index (χ4n) is 2.28. The lowest BCUT2D eigenvalue weighted by atomic mass is 10.1. The molecular weight excluding hydrogens is 260 g/mol. The molecule has 1 aliphatic rings. The van der Waals surface area contributed by atoms with Crippen molar-refractivity contribution in [2.45, 2.75) is 31.7 Å². The van der Waals surface area contributed by atoms with Crippen molar-refractivity contribution in [1.29, 1.82) is 0 Å². The molecule has 0 aromatic heterocycles. The van der Waals surface area contributed by atoms with E-state index in [-0.39, 0.29) is 0 Å². The predicted octanol–water partition coefficient (Wildman–Crippen LogP) is 2.65. The van der Waals surface area contributed by atoms with Gasteiger partial charge in [-0.2, -0.15) is 11.8 Å². The van der Waals surface area contributed by atoms with E-state index >= 15 is 0 Å². The summed E-state index contributed by atoms with van der Waals surface area (Å²) in [5.74, 6) is 1.22. The predicted molar refractivity (Wildman–Crippen MR) is 84.1 cm³/mol. The number of benzene rings is 1. The minimum Gasteiger partial charge on any atom is -0.389 e. The smallest absolute Gasteiger partial charge is 0.103 e. The number of nitrogens with zero attached hydrogens (tertiary/aromatic N) is 1. The molecule has 4 heteroatoms. The van der Waals surface area contributed by atoms with E-state index in [1.165, 1.54) is 11.3 Å². The van der Waals surface area contributed by atoms with Gasteiger partial charge >= 0.3 is 0 Å². The molecule has 0 amide bonds. The number of rotatable bonds is 3. The highest BCUT2D eigenvalue weighted by Crippen LogP contribution is 2.25. The van der Waals surface area contributed by atoms with Gasteiger partial charge in [0, 0.05) is 35.7 Å². The van der Waals surface area contributed by atoms with Gasteiger partial charge in [-0.05, 0) is 18.6 Å². The van der Waals surface area contributed by atoms with Gasteiger partial charge in [-0.1, -0.05) is 37.3 Å². The van der Waals surface area contributed by atoms with Crippen molar-refractivity contribution in [3.63, 3.8) is 0 Å². The summed E-state index contributed by atoms with van der Waals surface area (Å²) in [6, 6.07) is 8.90. The van der Waals surface area contributed by atoms with Crippen LogP contribution in [0, 0.1) is 0 Å². The van der Waals surface area contributed by atoms with Crippen LogP contribution in [0.15, 0.2) is 24.3 Å². The second-order valence-electron chi connectivity index (χ2n) is 4.85. The van der Waals surface area contributed by atoms with Gasteiger partial charge in [-0.3, -0.25) is 4.90 Å². The standard InChI is InChI=1S/C14H20N2S2/c1-10-11(2)18-7-6-16(10)9-12-4-3-5-13(8-12)14(15)17/h3-5,8,10-11H,6-7,9H2,1-2H3,(H2,15,17). The largest absolute Gasteiger partial charge is 0.389 e. The van der Waals surface area contributed by atoms with E-state index in [2.05, 4.69) is 42.6 Å². The summed E-state index contributed by atoms with van der Waals surface area (Å²) in [6.45, 7) is 6.77. The van der Waals surface area contributed by atoms with Crippen molar-refractivity contribution in [2.24, 2.45) is 5.73 Å². The maximum absolute atomic E-state index is 5.68. The van der Waals surface area contributed by atoms with Crippen molar-refractivity contribution in [1.82, 2.24) is 4.90 Å². The van der Waals surface area contributed by atoms with Gasteiger partial charge in [-0.25, -0.2) is 0 Å². The van der Waals surface area contributed by atoms with Crippen LogP contribution in [0.5, 0.6) is 0 Å². The molecule has 98 valence electrons. The molecule has 2 N–H and O–H groups in total. The number of nitrogens with two attached hydrogens (primary N) is 1. The Kier molecular flexibility index (Phi) is 4.65. The first kappa shape index (κ1) is 13.8. The molecule has 0 spiro atoms. The van der Waals surface area contributed by atoms with Crippen LogP contribution >= 0.6 is 24.0 Å². The van der Waals surface area contributed by atoms with E-state index in [9.17, 15) is 0 Å². The quantitative estimate of drug-likeness (QED) is 0.862. The topological polar surface area (TPSA) is 29.3 Å². The Bertz CT molecular complexity index is 434. The lowest BCUT2D eigenvalue weighted by Gasteiger charge is -2.37. The third-order valence-corrected chi connectivity index (χ3v) is 5.19. The van der Waals surface area contributed by atoms with E-state index in [1.807, 2.05) is 12.1 Å². The average molecular weight is 280 g/mol. The average Bonchev–Trinajstić information content (AvgIpc) is 2.35.